The third-order valence-electron chi connectivity index (χ3n) is 3.30. The summed E-state index contributed by atoms with van der Waals surface area (Å²) in [7, 11) is 0. The maximum absolute atomic E-state index is 11.4. The molecule has 0 aromatic rings. The summed E-state index contributed by atoms with van der Waals surface area (Å²) in [4.78, 5) is 34.5. The predicted molar refractivity (Wildman–Crippen MR) is 65.7 cm³/mol. The molecule has 0 radical (unpaired) electrons. The first-order valence-corrected chi connectivity index (χ1v) is 6.17. The molecule has 100 valence electrons. The molecule has 0 saturated carbocycles. The second-order valence-electron chi connectivity index (χ2n) is 4.89. The molecular formula is C13H19NO4. The summed E-state index contributed by atoms with van der Waals surface area (Å²) in [5.74, 6) is -0.815. The van der Waals surface area contributed by atoms with E-state index >= 15 is 0 Å². The van der Waals surface area contributed by atoms with Gasteiger partial charge in [-0.25, -0.2) is 0 Å². The summed E-state index contributed by atoms with van der Waals surface area (Å²) in [5, 5.41) is 8.68. The van der Waals surface area contributed by atoms with E-state index in [9.17, 15) is 14.4 Å². The van der Waals surface area contributed by atoms with Gasteiger partial charge in [-0.15, -0.1) is 0 Å². The quantitative estimate of drug-likeness (QED) is 0.697. The predicted octanol–water partition coefficient (Wildman–Crippen LogP) is 1.44. The Bertz CT molecular complexity index is 355. The van der Waals surface area contributed by atoms with E-state index in [1.54, 1.807) is 0 Å². The average molecular weight is 253 g/mol. The molecule has 0 aliphatic carbocycles. The van der Waals surface area contributed by atoms with Gasteiger partial charge in [0.25, 0.3) is 11.8 Å². The molecule has 0 bridgehead atoms. The molecule has 5 nitrogen and oxygen atoms in total. The first-order chi connectivity index (χ1) is 8.41. The fourth-order valence-electron chi connectivity index (χ4n) is 2.07. The third-order valence-corrected chi connectivity index (χ3v) is 3.30. The van der Waals surface area contributed by atoms with Crippen LogP contribution in [0.4, 0.5) is 0 Å². The van der Waals surface area contributed by atoms with Crippen molar-refractivity contribution in [3.05, 3.63) is 12.2 Å². The van der Waals surface area contributed by atoms with Crippen molar-refractivity contribution in [3.8, 4) is 0 Å². The van der Waals surface area contributed by atoms with Crippen LogP contribution >= 0.6 is 0 Å². The van der Waals surface area contributed by atoms with E-state index in [1.807, 2.05) is 13.8 Å². The molecule has 1 aliphatic rings. The fraction of sp³-hybridized carbons (Fsp3) is 0.615. The highest BCUT2D eigenvalue weighted by Gasteiger charge is 2.24. The number of carboxylic acid groups (broad SMARTS) is 1. The number of hydrogen-bond acceptors (Lipinski definition) is 3. The maximum Gasteiger partial charge on any atom is 0.303 e. The lowest BCUT2D eigenvalue weighted by molar-refractivity contribution is -0.139. The normalized spacial score (nSPS) is 16.7. The molecule has 1 aliphatic heterocycles. The van der Waals surface area contributed by atoms with E-state index in [4.69, 9.17) is 5.11 Å². The number of imide groups is 1. The monoisotopic (exact) mass is 253 g/mol. The smallest absolute Gasteiger partial charge is 0.303 e. The number of carbonyl (C=O) groups is 3. The summed E-state index contributed by atoms with van der Waals surface area (Å²) in [6.45, 7) is 4.42. The van der Waals surface area contributed by atoms with Crippen LogP contribution in [0.15, 0.2) is 12.2 Å². The van der Waals surface area contributed by atoms with Crippen molar-refractivity contribution in [2.75, 3.05) is 6.54 Å². The number of carboxylic acids is 1. The Morgan fingerprint density at radius 1 is 1.22 bits per heavy atom. The number of aliphatic carboxylic acids is 1. The second kappa shape index (κ2) is 6.33. The molecule has 5 heteroatoms. The first kappa shape index (κ1) is 14.4. The summed E-state index contributed by atoms with van der Waals surface area (Å²) in [6, 6.07) is 0. The molecule has 1 unspecified atom stereocenters. The SMILES string of the molecule is CC(C)C(CCC(=O)O)CCN1C(=O)C=CC1=O. The van der Waals surface area contributed by atoms with Gasteiger partial charge in [0.05, 0.1) is 0 Å². The van der Waals surface area contributed by atoms with Crippen LogP contribution in [-0.4, -0.2) is 34.3 Å². The molecule has 2 amide bonds. The van der Waals surface area contributed by atoms with E-state index in [2.05, 4.69) is 0 Å². The summed E-state index contributed by atoms with van der Waals surface area (Å²) in [6.07, 6.45) is 3.90. The Morgan fingerprint density at radius 2 is 1.78 bits per heavy atom. The van der Waals surface area contributed by atoms with E-state index in [0.29, 0.717) is 25.3 Å². The average Bonchev–Trinajstić information content (AvgIpc) is 2.59. The van der Waals surface area contributed by atoms with Crippen LogP contribution in [0.5, 0.6) is 0 Å². The van der Waals surface area contributed by atoms with Gasteiger partial charge in [-0.3, -0.25) is 19.3 Å². The summed E-state index contributed by atoms with van der Waals surface area (Å²) < 4.78 is 0. The van der Waals surface area contributed by atoms with Gasteiger partial charge in [0, 0.05) is 25.1 Å². The molecule has 0 aromatic carbocycles. The number of carbonyl (C=O) groups excluding carboxylic acids is 2. The highest BCUT2D eigenvalue weighted by Crippen LogP contribution is 2.22. The van der Waals surface area contributed by atoms with Crippen LogP contribution in [0.3, 0.4) is 0 Å². The highest BCUT2D eigenvalue weighted by molar-refractivity contribution is 6.12. The Kier molecular flexibility index (Phi) is 5.07. The van der Waals surface area contributed by atoms with Gasteiger partial charge in [0.1, 0.15) is 0 Å². The zero-order valence-corrected chi connectivity index (χ0v) is 10.8. The van der Waals surface area contributed by atoms with Gasteiger partial charge >= 0.3 is 5.97 Å². The Labute approximate surface area is 106 Å². The van der Waals surface area contributed by atoms with Crippen LogP contribution in [0.2, 0.25) is 0 Å². The second-order valence-corrected chi connectivity index (χ2v) is 4.89. The number of rotatable bonds is 7. The summed E-state index contributed by atoms with van der Waals surface area (Å²) >= 11 is 0. The van der Waals surface area contributed by atoms with E-state index in [-0.39, 0.29) is 24.2 Å². The topological polar surface area (TPSA) is 74.7 Å². The lowest BCUT2D eigenvalue weighted by Gasteiger charge is -2.22. The fourth-order valence-corrected chi connectivity index (χ4v) is 2.07. The first-order valence-electron chi connectivity index (χ1n) is 6.17. The minimum atomic E-state index is -0.810. The zero-order valence-electron chi connectivity index (χ0n) is 10.8. The highest BCUT2D eigenvalue weighted by atomic mass is 16.4. The molecular weight excluding hydrogens is 234 g/mol. The van der Waals surface area contributed by atoms with Gasteiger partial charge < -0.3 is 5.11 Å². The van der Waals surface area contributed by atoms with Crippen molar-refractivity contribution in [3.63, 3.8) is 0 Å². The molecule has 0 fully saturated rings. The Balaban J connectivity index is 2.45. The molecule has 1 rings (SSSR count). The largest absolute Gasteiger partial charge is 0.481 e. The molecule has 0 aromatic heterocycles. The lowest BCUT2D eigenvalue weighted by atomic mass is 9.88. The minimum Gasteiger partial charge on any atom is -0.481 e. The molecule has 0 spiro atoms. The molecule has 1 N–H and O–H groups in total. The van der Waals surface area contributed by atoms with Crippen molar-refractivity contribution >= 4 is 17.8 Å². The molecule has 1 atom stereocenters. The molecule has 0 saturated heterocycles. The summed E-state index contributed by atoms with van der Waals surface area (Å²) in [5.41, 5.74) is 0. The van der Waals surface area contributed by atoms with Crippen LogP contribution in [0, 0.1) is 11.8 Å². The van der Waals surface area contributed by atoms with Gasteiger partial charge in [0.15, 0.2) is 0 Å². The van der Waals surface area contributed by atoms with Crippen molar-refractivity contribution < 1.29 is 19.5 Å². The zero-order chi connectivity index (χ0) is 13.7. The van der Waals surface area contributed by atoms with Crippen LogP contribution in [0.25, 0.3) is 0 Å². The van der Waals surface area contributed by atoms with E-state index in [1.165, 1.54) is 17.1 Å². The van der Waals surface area contributed by atoms with Crippen molar-refractivity contribution in [1.82, 2.24) is 4.90 Å². The van der Waals surface area contributed by atoms with Gasteiger partial charge in [-0.05, 0) is 24.7 Å². The maximum atomic E-state index is 11.4. The van der Waals surface area contributed by atoms with Gasteiger partial charge in [0.2, 0.25) is 0 Å². The van der Waals surface area contributed by atoms with Gasteiger partial charge in [-0.2, -0.15) is 0 Å². The standard InChI is InChI=1S/C13H19NO4/c1-9(2)10(3-6-13(17)18)7-8-14-11(15)4-5-12(14)16/h4-5,9-10H,3,6-8H2,1-2H3,(H,17,18). The number of nitrogens with zero attached hydrogens (tertiary/aromatic N) is 1. The number of amides is 2. The molecule has 18 heavy (non-hydrogen) atoms. The van der Waals surface area contributed by atoms with Crippen molar-refractivity contribution in [2.24, 2.45) is 11.8 Å². The van der Waals surface area contributed by atoms with Crippen molar-refractivity contribution in [2.45, 2.75) is 33.1 Å². The molecule has 1 heterocycles. The van der Waals surface area contributed by atoms with Crippen LogP contribution in [0.1, 0.15) is 33.1 Å². The minimum absolute atomic E-state index is 0.128. The van der Waals surface area contributed by atoms with Gasteiger partial charge in [-0.1, -0.05) is 13.8 Å². The Hall–Kier alpha value is -1.65. The number of hydrogen-bond donors (Lipinski definition) is 1. The van der Waals surface area contributed by atoms with Crippen molar-refractivity contribution in [1.29, 1.82) is 0 Å². The van der Waals surface area contributed by atoms with E-state index < -0.39 is 5.97 Å². The lowest BCUT2D eigenvalue weighted by Crippen LogP contribution is -2.32. The third kappa shape index (κ3) is 3.98. The van der Waals surface area contributed by atoms with Crippen LogP contribution in [-0.2, 0) is 14.4 Å². The Morgan fingerprint density at radius 3 is 2.22 bits per heavy atom. The van der Waals surface area contributed by atoms with E-state index in [0.717, 1.165) is 0 Å². The van der Waals surface area contributed by atoms with Crippen LogP contribution < -0.4 is 0 Å².